The summed E-state index contributed by atoms with van der Waals surface area (Å²) in [7, 11) is 0. The molecule has 0 saturated heterocycles. The van der Waals surface area contributed by atoms with Crippen molar-refractivity contribution in [2.24, 2.45) is 0 Å². The highest BCUT2D eigenvalue weighted by Gasteiger charge is 2.09. The molecule has 1 N–H and O–H groups in total. The van der Waals surface area contributed by atoms with Crippen molar-refractivity contribution >= 4 is 5.69 Å². The number of para-hydroxylation sites is 2. The number of aromatic nitrogens is 4. The number of anilines is 1. The van der Waals surface area contributed by atoms with Crippen LogP contribution in [0.1, 0.15) is 18.5 Å². The van der Waals surface area contributed by atoms with Crippen LogP contribution in [-0.2, 0) is 0 Å². The van der Waals surface area contributed by atoms with E-state index in [-0.39, 0.29) is 6.04 Å². The molecule has 1 unspecified atom stereocenters. The molecule has 1 atom stereocenters. The van der Waals surface area contributed by atoms with E-state index in [0.717, 1.165) is 11.4 Å². The van der Waals surface area contributed by atoms with Crippen LogP contribution in [-0.4, -0.2) is 20.0 Å². The maximum Gasteiger partial charge on any atom is 0.0894 e. The second-order valence-electron chi connectivity index (χ2n) is 4.51. The number of benzene rings is 1. The van der Waals surface area contributed by atoms with Crippen molar-refractivity contribution in [1.29, 1.82) is 0 Å². The van der Waals surface area contributed by atoms with E-state index in [4.69, 9.17) is 0 Å². The normalized spacial score (nSPS) is 12.1. The van der Waals surface area contributed by atoms with Crippen LogP contribution in [0.25, 0.3) is 5.69 Å². The van der Waals surface area contributed by atoms with Gasteiger partial charge < -0.3 is 5.32 Å². The molecule has 0 bridgehead atoms. The van der Waals surface area contributed by atoms with Crippen molar-refractivity contribution in [2.45, 2.75) is 13.0 Å². The fraction of sp³-hybridized carbons (Fsp3) is 0.133. The zero-order valence-corrected chi connectivity index (χ0v) is 11.1. The van der Waals surface area contributed by atoms with Crippen LogP contribution >= 0.6 is 0 Å². The van der Waals surface area contributed by atoms with Crippen LogP contribution in [0, 0.1) is 0 Å². The molecule has 0 aliphatic heterocycles. The van der Waals surface area contributed by atoms with E-state index >= 15 is 0 Å². The third-order valence-corrected chi connectivity index (χ3v) is 3.15. The van der Waals surface area contributed by atoms with Crippen LogP contribution in [0.5, 0.6) is 0 Å². The Morgan fingerprint density at radius 2 is 1.85 bits per heavy atom. The highest BCUT2D eigenvalue weighted by molar-refractivity contribution is 5.61. The zero-order chi connectivity index (χ0) is 13.8. The molecular formula is C15H15N5. The Labute approximate surface area is 117 Å². The lowest BCUT2D eigenvalue weighted by molar-refractivity contribution is 0.797. The maximum absolute atomic E-state index is 4.04. The number of pyridine rings is 1. The van der Waals surface area contributed by atoms with Gasteiger partial charge in [0.05, 0.1) is 23.8 Å². The molecule has 5 heteroatoms. The summed E-state index contributed by atoms with van der Waals surface area (Å²) in [6.07, 6.45) is 7.11. The molecule has 5 nitrogen and oxygen atoms in total. The van der Waals surface area contributed by atoms with Gasteiger partial charge in [-0.1, -0.05) is 17.3 Å². The Bertz CT molecular complexity index is 664. The van der Waals surface area contributed by atoms with Crippen molar-refractivity contribution in [1.82, 2.24) is 20.0 Å². The second-order valence-corrected chi connectivity index (χ2v) is 4.51. The molecular weight excluding hydrogens is 250 g/mol. The van der Waals surface area contributed by atoms with Gasteiger partial charge in [0.25, 0.3) is 0 Å². The number of rotatable bonds is 4. The van der Waals surface area contributed by atoms with Gasteiger partial charge in [0.2, 0.25) is 0 Å². The average Bonchev–Trinajstić information content (AvgIpc) is 3.03. The van der Waals surface area contributed by atoms with Gasteiger partial charge in [0.1, 0.15) is 0 Å². The first-order valence-electron chi connectivity index (χ1n) is 6.47. The van der Waals surface area contributed by atoms with Crippen molar-refractivity contribution < 1.29 is 0 Å². The standard InChI is InChI=1S/C15H15N5/c1-12(13-6-8-16-9-7-13)18-14-4-2-3-5-15(14)20-11-10-17-19-20/h2-12,18H,1H3. The third-order valence-electron chi connectivity index (χ3n) is 3.15. The van der Waals surface area contributed by atoms with E-state index in [0.29, 0.717) is 0 Å². The fourth-order valence-electron chi connectivity index (χ4n) is 2.10. The third kappa shape index (κ3) is 2.51. The van der Waals surface area contributed by atoms with E-state index in [1.165, 1.54) is 5.56 Å². The van der Waals surface area contributed by atoms with E-state index in [9.17, 15) is 0 Å². The SMILES string of the molecule is CC(Nc1ccccc1-n1ccnn1)c1ccncc1. The minimum absolute atomic E-state index is 0.183. The van der Waals surface area contributed by atoms with Gasteiger partial charge in [-0.3, -0.25) is 4.98 Å². The number of hydrogen-bond acceptors (Lipinski definition) is 4. The smallest absolute Gasteiger partial charge is 0.0894 e. The molecule has 0 radical (unpaired) electrons. The van der Waals surface area contributed by atoms with Crippen molar-refractivity contribution in [3.8, 4) is 5.69 Å². The van der Waals surface area contributed by atoms with Gasteiger partial charge in [-0.2, -0.15) is 0 Å². The average molecular weight is 265 g/mol. The number of nitrogens with one attached hydrogen (secondary N) is 1. The van der Waals surface area contributed by atoms with Crippen LogP contribution < -0.4 is 5.32 Å². The van der Waals surface area contributed by atoms with E-state index < -0.39 is 0 Å². The molecule has 0 aliphatic rings. The summed E-state index contributed by atoms with van der Waals surface area (Å²) in [6, 6.07) is 12.2. The highest BCUT2D eigenvalue weighted by Crippen LogP contribution is 2.24. The highest BCUT2D eigenvalue weighted by atomic mass is 15.4. The van der Waals surface area contributed by atoms with Crippen LogP contribution in [0.15, 0.2) is 61.2 Å². The molecule has 0 saturated carbocycles. The Morgan fingerprint density at radius 3 is 2.60 bits per heavy atom. The van der Waals surface area contributed by atoms with E-state index in [2.05, 4.69) is 27.5 Å². The van der Waals surface area contributed by atoms with Crippen molar-refractivity contribution in [3.63, 3.8) is 0 Å². The monoisotopic (exact) mass is 265 g/mol. The summed E-state index contributed by atoms with van der Waals surface area (Å²) in [5.41, 5.74) is 3.18. The van der Waals surface area contributed by atoms with Gasteiger partial charge in [-0.15, -0.1) is 5.10 Å². The van der Waals surface area contributed by atoms with E-state index in [1.54, 1.807) is 23.3 Å². The Kier molecular flexibility index (Phi) is 3.41. The van der Waals surface area contributed by atoms with E-state index in [1.807, 2.05) is 42.6 Å². The maximum atomic E-state index is 4.04. The summed E-state index contributed by atoms with van der Waals surface area (Å²) >= 11 is 0. The lowest BCUT2D eigenvalue weighted by atomic mass is 10.1. The second kappa shape index (κ2) is 5.52. The summed E-state index contributed by atoms with van der Waals surface area (Å²) in [5, 5.41) is 11.4. The number of hydrogen-bond donors (Lipinski definition) is 1. The van der Waals surface area contributed by atoms with Gasteiger partial charge in [-0.05, 0) is 36.8 Å². The minimum atomic E-state index is 0.183. The molecule has 2 heterocycles. The molecule has 0 aliphatic carbocycles. The Morgan fingerprint density at radius 1 is 1.05 bits per heavy atom. The molecule has 3 rings (SSSR count). The largest absolute Gasteiger partial charge is 0.377 e. The van der Waals surface area contributed by atoms with Gasteiger partial charge in [-0.25, -0.2) is 4.68 Å². The topological polar surface area (TPSA) is 55.6 Å². The Balaban J connectivity index is 1.88. The minimum Gasteiger partial charge on any atom is -0.377 e. The predicted octanol–water partition coefficient (Wildman–Crippen LogP) is 2.84. The summed E-state index contributed by atoms with van der Waals surface area (Å²) in [4.78, 5) is 4.04. The van der Waals surface area contributed by atoms with Crippen LogP contribution in [0.4, 0.5) is 5.69 Å². The molecule has 0 fully saturated rings. The van der Waals surface area contributed by atoms with Crippen LogP contribution in [0.3, 0.4) is 0 Å². The zero-order valence-electron chi connectivity index (χ0n) is 11.1. The molecule has 20 heavy (non-hydrogen) atoms. The summed E-state index contributed by atoms with van der Waals surface area (Å²) in [6.45, 7) is 2.12. The first kappa shape index (κ1) is 12.3. The molecule has 0 spiro atoms. The summed E-state index contributed by atoms with van der Waals surface area (Å²) in [5.74, 6) is 0. The lowest BCUT2D eigenvalue weighted by Gasteiger charge is -2.18. The molecule has 0 amide bonds. The van der Waals surface area contributed by atoms with Crippen molar-refractivity contribution in [3.05, 3.63) is 66.7 Å². The van der Waals surface area contributed by atoms with Crippen molar-refractivity contribution in [2.75, 3.05) is 5.32 Å². The first-order valence-corrected chi connectivity index (χ1v) is 6.47. The molecule has 2 aromatic heterocycles. The molecule has 1 aromatic carbocycles. The van der Waals surface area contributed by atoms with Gasteiger partial charge in [0.15, 0.2) is 0 Å². The molecule has 3 aromatic rings. The van der Waals surface area contributed by atoms with Crippen LogP contribution in [0.2, 0.25) is 0 Å². The summed E-state index contributed by atoms with van der Waals surface area (Å²) < 4.78 is 1.75. The van der Waals surface area contributed by atoms with Gasteiger partial charge >= 0.3 is 0 Å². The lowest BCUT2D eigenvalue weighted by Crippen LogP contribution is -2.09. The molecule has 100 valence electrons. The number of nitrogens with zero attached hydrogens (tertiary/aromatic N) is 4. The first-order chi connectivity index (χ1) is 9.84. The van der Waals surface area contributed by atoms with Gasteiger partial charge in [0, 0.05) is 18.4 Å². The predicted molar refractivity (Wildman–Crippen MR) is 77.6 cm³/mol. The quantitative estimate of drug-likeness (QED) is 0.788. The Hall–Kier alpha value is -2.69. The fourth-order valence-corrected chi connectivity index (χ4v) is 2.10.